The van der Waals surface area contributed by atoms with Gasteiger partial charge in [0.05, 0.1) is 0 Å². The number of fused-ring (bicyclic) bond motifs is 1. The van der Waals surface area contributed by atoms with Crippen LogP contribution in [-0.2, 0) is 9.22 Å². The summed E-state index contributed by atoms with van der Waals surface area (Å²) in [6, 6.07) is 7.58. The first-order valence-electron chi connectivity index (χ1n) is 10.7. The van der Waals surface area contributed by atoms with Gasteiger partial charge in [-0.1, -0.05) is 0 Å². The van der Waals surface area contributed by atoms with E-state index in [-0.39, 0.29) is 44.0 Å². The molecule has 1 aromatic rings. The summed E-state index contributed by atoms with van der Waals surface area (Å²) in [6.45, 7) is 15.5. The van der Waals surface area contributed by atoms with Crippen molar-refractivity contribution in [1.82, 2.24) is 4.90 Å². The van der Waals surface area contributed by atoms with Gasteiger partial charge in [-0.2, -0.15) is 0 Å². The molecule has 0 aromatic heterocycles. The molecule has 0 spiro atoms. The minimum atomic E-state index is -1.97. The van der Waals surface area contributed by atoms with Crippen LogP contribution in [0.2, 0.25) is 23.2 Å². The van der Waals surface area contributed by atoms with E-state index in [9.17, 15) is 4.79 Å². The quantitative estimate of drug-likeness (QED) is 0.157. The first-order valence-corrected chi connectivity index (χ1v) is 17.2. The van der Waals surface area contributed by atoms with Gasteiger partial charge >= 0.3 is 214 Å². The molecular weight excluding hydrogens is 606 g/mol. The topological polar surface area (TPSA) is 41.9 Å². The van der Waals surface area contributed by atoms with Gasteiger partial charge < -0.3 is 0 Å². The molecule has 1 fully saturated rings. The van der Waals surface area contributed by atoms with Crippen molar-refractivity contribution in [2.75, 3.05) is 4.43 Å². The van der Waals surface area contributed by atoms with Crippen LogP contribution in [0, 0.1) is 5.92 Å². The molecule has 0 N–H and O–H groups in total. The average Bonchev–Trinajstić information content (AvgIpc) is 2.67. The van der Waals surface area contributed by atoms with E-state index in [2.05, 4.69) is 70.3 Å². The Balaban J connectivity index is 1.95. The summed E-state index contributed by atoms with van der Waals surface area (Å²) in [6.07, 6.45) is 0.862. The monoisotopic (exact) mass is 638 g/mol. The zero-order valence-corrected chi connectivity index (χ0v) is 25.0. The Hall–Kier alpha value is -0.184. The number of benzene rings is 1. The van der Waals surface area contributed by atoms with Crippen molar-refractivity contribution in [3.8, 4) is 0 Å². The molecule has 3 rings (SSSR count). The maximum atomic E-state index is 13.4. The Morgan fingerprint density at radius 3 is 2.42 bits per heavy atom. The summed E-state index contributed by atoms with van der Waals surface area (Å²) in [4.78, 5) is 20.3. The summed E-state index contributed by atoms with van der Waals surface area (Å²) in [5.41, 5.74) is 2.26. The number of aliphatic imine (C=N–C) groups is 1. The van der Waals surface area contributed by atoms with Gasteiger partial charge in [0.25, 0.3) is 0 Å². The van der Waals surface area contributed by atoms with Gasteiger partial charge in [0.15, 0.2) is 0 Å². The van der Waals surface area contributed by atoms with Crippen molar-refractivity contribution in [3.05, 3.63) is 39.3 Å². The molecule has 3 atom stereocenters. The van der Waals surface area contributed by atoms with Crippen LogP contribution in [0.5, 0.6) is 0 Å². The number of amidine groups is 1. The number of carbonyl (C=O) groups is 1. The molecule has 0 aliphatic carbocycles. The molecule has 1 aromatic carbocycles. The fourth-order valence-corrected chi connectivity index (χ4v) is 9.09. The molecule has 8 heteroatoms. The number of alkyl halides is 1. The van der Waals surface area contributed by atoms with E-state index in [1.165, 1.54) is 10.0 Å². The van der Waals surface area contributed by atoms with Crippen molar-refractivity contribution in [1.29, 1.82) is 0 Å². The number of nitrogens with zero attached hydrogens (tertiary/aromatic N) is 2. The normalized spacial score (nSPS) is 24.4. The second-order valence-corrected chi connectivity index (χ2v) is 17.9. The fourth-order valence-electron chi connectivity index (χ4n) is 3.88. The van der Waals surface area contributed by atoms with E-state index in [1.807, 2.05) is 29.2 Å². The molecular formula is C23H32ClIN2O2SeSi. The van der Waals surface area contributed by atoms with Crippen molar-refractivity contribution in [2.45, 2.75) is 71.3 Å². The number of β-lactam (4-membered cyclic amide) rings is 1. The van der Waals surface area contributed by atoms with E-state index < -0.39 is 8.32 Å². The predicted octanol–water partition coefficient (Wildman–Crippen LogP) is 6.38. The number of rotatable bonds is 6. The summed E-state index contributed by atoms with van der Waals surface area (Å²) >= 11 is 8.53. The molecule has 31 heavy (non-hydrogen) atoms. The van der Waals surface area contributed by atoms with E-state index in [0.717, 1.165) is 21.3 Å². The molecule has 170 valence electrons. The van der Waals surface area contributed by atoms with Crippen molar-refractivity contribution in [2.24, 2.45) is 10.9 Å². The molecule has 0 unspecified atom stereocenters. The summed E-state index contributed by atoms with van der Waals surface area (Å²) in [5, 5.41) is 0.801. The van der Waals surface area contributed by atoms with Gasteiger partial charge in [0, 0.05) is 0 Å². The van der Waals surface area contributed by atoms with Crippen LogP contribution in [0.3, 0.4) is 0 Å². The SMILES string of the molecule is CCC1=C(CI)[Se]C(=Nc2ccc(Cl)cc2)N2C(=O)[C@H]([C@@H](C)O[Si](C)(C)C(C)(C)C)[C@@H]12. The third-order valence-electron chi connectivity index (χ3n) is 6.62. The van der Waals surface area contributed by atoms with E-state index in [4.69, 9.17) is 21.0 Å². The molecule has 0 bridgehead atoms. The third kappa shape index (κ3) is 5.02. The Kier molecular flexibility index (Phi) is 7.87. The molecule has 0 radical (unpaired) electrons. The summed E-state index contributed by atoms with van der Waals surface area (Å²) in [5.74, 6) is 0.0257. The van der Waals surface area contributed by atoms with E-state index >= 15 is 0 Å². The van der Waals surface area contributed by atoms with Gasteiger partial charge in [-0.15, -0.1) is 0 Å². The van der Waals surface area contributed by atoms with Crippen molar-refractivity contribution < 1.29 is 9.22 Å². The number of hydrogen-bond acceptors (Lipinski definition) is 3. The minimum absolute atomic E-state index is 0.0484. The molecule has 1 saturated heterocycles. The van der Waals surface area contributed by atoms with Gasteiger partial charge in [0.2, 0.25) is 0 Å². The number of halogens is 2. The second kappa shape index (κ2) is 9.59. The standard InChI is InChI=1S/C23H32ClIN2O2SeSi/c1-8-17-18(13-25)30-22(26-16-11-9-15(24)10-12-16)27-20(17)19(21(27)28)14(2)29-31(6,7)23(3,4)5/h9-12,14,19-20H,8,13H2,1-7H3/t14-,19-,20-/m1/s1. The Morgan fingerprint density at radius 2 is 1.90 bits per heavy atom. The van der Waals surface area contributed by atoms with E-state index in [1.54, 1.807) is 0 Å². The van der Waals surface area contributed by atoms with Crippen molar-refractivity contribution >= 4 is 73.8 Å². The van der Waals surface area contributed by atoms with Gasteiger partial charge in [-0.05, 0) is 0 Å². The average molecular weight is 638 g/mol. The van der Waals surface area contributed by atoms with Crippen LogP contribution in [0.4, 0.5) is 5.69 Å². The number of carbonyl (C=O) groups excluding carboxylic acids is 1. The molecule has 4 nitrogen and oxygen atoms in total. The zero-order chi connectivity index (χ0) is 23.1. The van der Waals surface area contributed by atoms with E-state index in [0.29, 0.717) is 5.02 Å². The van der Waals surface area contributed by atoms with Crippen LogP contribution >= 0.6 is 34.2 Å². The molecule has 2 heterocycles. The first kappa shape index (κ1) is 25.4. The van der Waals surface area contributed by atoms with Gasteiger partial charge in [-0.3, -0.25) is 0 Å². The molecule has 0 saturated carbocycles. The third-order valence-corrected chi connectivity index (χ3v) is 15.7. The van der Waals surface area contributed by atoms with Crippen LogP contribution in [0.15, 0.2) is 39.3 Å². The second-order valence-electron chi connectivity index (χ2n) is 9.67. The van der Waals surface area contributed by atoms with Gasteiger partial charge in [-0.25, -0.2) is 0 Å². The predicted molar refractivity (Wildman–Crippen MR) is 142 cm³/mol. The Bertz CT molecular complexity index is 911. The maximum absolute atomic E-state index is 13.4. The zero-order valence-electron chi connectivity index (χ0n) is 19.3. The first-order chi connectivity index (χ1) is 14.4. The van der Waals surface area contributed by atoms with Crippen LogP contribution < -0.4 is 0 Å². The van der Waals surface area contributed by atoms with Crippen molar-refractivity contribution in [3.63, 3.8) is 0 Å². The van der Waals surface area contributed by atoms with Crippen LogP contribution in [0.25, 0.3) is 0 Å². The summed E-state index contributed by atoms with van der Waals surface area (Å²) < 4.78 is 10.0. The molecule has 2 aliphatic heterocycles. The number of hydrogen-bond donors (Lipinski definition) is 0. The van der Waals surface area contributed by atoms with Crippen LogP contribution in [0.1, 0.15) is 41.0 Å². The molecule has 2 aliphatic rings. The number of amides is 1. The Morgan fingerprint density at radius 1 is 1.29 bits per heavy atom. The number of allylic oxidation sites excluding steroid dienone is 1. The van der Waals surface area contributed by atoms with Gasteiger partial charge in [0.1, 0.15) is 0 Å². The summed E-state index contributed by atoms with van der Waals surface area (Å²) in [7, 11) is -1.97. The fraction of sp³-hybridized carbons (Fsp3) is 0.565. The molecule has 1 amide bonds. The van der Waals surface area contributed by atoms with Crippen LogP contribution in [-0.4, -0.2) is 55.4 Å². The Labute approximate surface area is 212 Å².